The molecule has 4 nitrogen and oxygen atoms in total. The number of benzene rings is 9. The van der Waals surface area contributed by atoms with E-state index in [2.05, 4.69) is 202 Å². The summed E-state index contributed by atoms with van der Waals surface area (Å²) in [5, 5.41) is 7.43. The van der Waals surface area contributed by atoms with Crippen LogP contribution in [0, 0.1) is 0 Å². The molecule has 0 radical (unpaired) electrons. The van der Waals surface area contributed by atoms with Crippen molar-refractivity contribution in [2.24, 2.45) is 0 Å². The van der Waals surface area contributed by atoms with Crippen molar-refractivity contribution in [2.75, 3.05) is 0 Å². The molecular formula is C54H33N3O. The van der Waals surface area contributed by atoms with Crippen LogP contribution in [0.2, 0.25) is 0 Å². The van der Waals surface area contributed by atoms with Crippen molar-refractivity contribution in [1.82, 2.24) is 13.7 Å². The number of nitrogens with zero attached hydrogens (tertiary/aromatic N) is 3. The van der Waals surface area contributed by atoms with Crippen LogP contribution < -0.4 is 4.74 Å². The molecule has 0 amide bonds. The first-order chi connectivity index (χ1) is 28.8. The maximum Gasteiger partial charge on any atom is 0.152 e. The molecule has 0 N–H and O–H groups in total. The van der Waals surface area contributed by atoms with Gasteiger partial charge in [0.15, 0.2) is 11.5 Å². The Balaban J connectivity index is 0.933. The zero-order valence-electron chi connectivity index (χ0n) is 31.3. The molecule has 0 bridgehead atoms. The van der Waals surface area contributed by atoms with Crippen molar-refractivity contribution in [3.05, 3.63) is 200 Å². The number of ether oxygens (including phenoxy) is 1. The van der Waals surface area contributed by atoms with Crippen LogP contribution in [0.25, 0.3) is 105 Å². The summed E-state index contributed by atoms with van der Waals surface area (Å²) in [6.07, 6.45) is 0. The third kappa shape index (κ3) is 4.40. The molecule has 1 aliphatic rings. The number of para-hydroxylation sites is 6. The largest absolute Gasteiger partial charge is 0.453 e. The van der Waals surface area contributed by atoms with Gasteiger partial charge < -0.3 is 18.4 Å². The summed E-state index contributed by atoms with van der Waals surface area (Å²) in [7, 11) is 0. The van der Waals surface area contributed by atoms with Crippen LogP contribution in [0.4, 0.5) is 0 Å². The zero-order chi connectivity index (χ0) is 37.9. The lowest BCUT2D eigenvalue weighted by Crippen LogP contribution is -2.03. The van der Waals surface area contributed by atoms with E-state index < -0.39 is 0 Å². The fraction of sp³-hybridized carbons (Fsp3) is 0. The van der Waals surface area contributed by atoms with Crippen molar-refractivity contribution in [3.8, 4) is 50.8 Å². The number of fused-ring (bicyclic) bond motifs is 11. The summed E-state index contributed by atoms with van der Waals surface area (Å²) < 4.78 is 13.6. The zero-order valence-corrected chi connectivity index (χ0v) is 31.3. The van der Waals surface area contributed by atoms with Crippen molar-refractivity contribution >= 4 is 65.4 Å². The van der Waals surface area contributed by atoms with Gasteiger partial charge in [-0.25, -0.2) is 0 Å². The van der Waals surface area contributed by atoms with E-state index in [0.29, 0.717) is 0 Å². The van der Waals surface area contributed by atoms with Crippen molar-refractivity contribution < 1.29 is 4.74 Å². The Morgan fingerprint density at radius 2 is 0.793 bits per heavy atom. The van der Waals surface area contributed by atoms with E-state index in [1.807, 2.05) is 12.1 Å². The summed E-state index contributed by atoms with van der Waals surface area (Å²) in [5.74, 6) is 1.77. The lowest BCUT2D eigenvalue weighted by Gasteiger charge is -2.20. The molecule has 0 saturated carbocycles. The van der Waals surface area contributed by atoms with E-state index in [1.165, 1.54) is 82.2 Å². The minimum absolute atomic E-state index is 0.874. The normalized spacial score (nSPS) is 12.3. The van der Waals surface area contributed by atoms with Crippen molar-refractivity contribution in [3.63, 3.8) is 0 Å². The first-order valence-corrected chi connectivity index (χ1v) is 19.8. The van der Waals surface area contributed by atoms with Gasteiger partial charge in [-0.05, 0) is 101 Å². The first-order valence-electron chi connectivity index (χ1n) is 19.8. The van der Waals surface area contributed by atoms with Gasteiger partial charge in [0, 0.05) is 43.7 Å². The average molecular weight is 740 g/mol. The second kappa shape index (κ2) is 11.8. The molecule has 270 valence electrons. The van der Waals surface area contributed by atoms with Crippen LogP contribution in [0.5, 0.6) is 11.5 Å². The maximum absolute atomic E-state index is 6.37. The molecule has 12 aromatic rings. The number of hydrogen-bond donors (Lipinski definition) is 0. The Morgan fingerprint density at radius 1 is 0.276 bits per heavy atom. The minimum Gasteiger partial charge on any atom is -0.453 e. The highest BCUT2D eigenvalue weighted by Crippen LogP contribution is 2.46. The van der Waals surface area contributed by atoms with Gasteiger partial charge in [0.1, 0.15) is 0 Å². The lowest BCUT2D eigenvalue weighted by atomic mass is 9.98. The van der Waals surface area contributed by atoms with E-state index in [4.69, 9.17) is 4.74 Å². The summed E-state index contributed by atoms with van der Waals surface area (Å²) in [4.78, 5) is 0. The van der Waals surface area contributed by atoms with E-state index in [0.717, 1.165) is 34.1 Å². The predicted octanol–water partition coefficient (Wildman–Crippen LogP) is 14.4. The average Bonchev–Trinajstić information content (AvgIpc) is 3.93. The highest BCUT2D eigenvalue weighted by Gasteiger charge is 2.24. The lowest BCUT2D eigenvalue weighted by molar-refractivity contribution is 0.476. The summed E-state index contributed by atoms with van der Waals surface area (Å²) in [6.45, 7) is 0. The molecule has 9 aromatic carbocycles. The standard InChI is InChI=1S/C54H33N3O/c1-4-20-46-40(16-1)41-17-2-5-21-47(41)56(46)39-27-29-49-45(33-39)42-18-3-6-22-48(42)55(49)38-15-10-14-36(31-38)34-12-9-13-35(30-34)37-26-28-43-44-19-11-25-53-54(44)57(51(43)32-37)50-23-7-8-24-52(50)58-53/h1-33H. The quantitative estimate of drug-likeness (QED) is 0.176. The van der Waals surface area contributed by atoms with Crippen molar-refractivity contribution in [2.45, 2.75) is 0 Å². The van der Waals surface area contributed by atoms with Crippen LogP contribution in [0.1, 0.15) is 0 Å². The van der Waals surface area contributed by atoms with Crippen LogP contribution >= 0.6 is 0 Å². The molecule has 13 rings (SSSR count). The highest BCUT2D eigenvalue weighted by atomic mass is 16.5. The molecule has 58 heavy (non-hydrogen) atoms. The van der Waals surface area contributed by atoms with Crippen molar-refractivity contribution in [1.29, 1.82) is 0 Å². The summed E-state index contributed by atoms with van der Waals surface area (Å²) in [6, 6.07) is 72.6. The number of rotatable bonds is 4. The molecule has 0 spiro atoms. The Hall–Kier alpha value is -7.82. The van der Waals surface area contributed by atoms with E-state index in [9.17, 15) is 0 Å². The molecule has 0 saturated heterocycles. The Bertz CT molecular complexity index is 3620. The van der Waals surface area contributed by atoms with E-state index in [1.54, 1.807) is 0 Å². The van der Waals surface area contributed by atoms with Crippen LogP contribution in [-0.2, 0) is 0 Å². The second-order valence-corrected chi connectivity index (χ2v) is 15.3. The number of aromatic nitrogens is 3. The van der Waals surface area contributed by atoms with Gasteiger partial charge in [0.2, 0.25) is 0 Å². The first kappa shape index (κ1) is 31.4. The van der Waals surface area contributed by atoms with Crippen LogP contribution in [0.15, 0.2) is 200 Å². The number of hydrogen-bond acceptors (Lipinski definition) is 1. The molecule has 4 heterocycles. The molecule has 0 atom stereocenters. The van der Waals surface area contributed by atoms with Gasteiger partial charge in [-0.1, -0.05) is 121 Å². The molecule has 0 aliphatic carbocycles. The SMILES string of the molecule is c1cc(-c2cccc(-n3c4ccccc4c4cc(-n5c6ccccc6c6ccccc65)ccc43)c2)cc(-c2ccc3c4cccc5c4n(c3c2)-c2ccccc2O5)c1. The topological polar surface area (TPSA) is 24.0 Å². The van der Waals surface area contributed by atoms with Gasteiger partial charge in [0.05, 0.1) is 38.8 Å². The highest BCUT2D eigenvalue weighted by molar-refractivity contribution is 6.14. The molecule has 4 heteroatoms. The fourth-order valence-corrected chi connectivity index (χ4v) is 9.68. The summed E-state index contributed by atoms with van der Waals surface area (Å²) in [5.41, 5.74) is 15.2. The predicted molar refractivity (Wildman–Crippen MR) is 240 cm³/mol. The third-order valence-electron chi connectivity index (χ3n) is 12.2. The molecular weight excluding hydrogens is 707 g/mol. The fourth-order valence-electron chi connectivity index (χ4n) is 9.68. The van der Waals surface area contributed by atoms with Gasteiger partial charge >= 0.3 is 0 Å². The van der Waals surface area contributed by atoms with Gasteiger partial charge in [-0.15, -0.1) is 0 Å². The molecule has 0 fully saturated rings. The molecule has 3 aromatic heterocycles. The van der Waals surface area contributed by atoms with Gasteiger partial charge in [0.25, 0.3) is 0 Å². The van der Waals surface area contributed by atoms with Gasteiger partial charge in [-0.3, -0.25) is 0 Å². The molecule has 0 unspecified atom stereocenters. The van der Waals surface area contributed by atoms with Crippen LogP contribution in [0.3, 0.4) is 0 Å². The van der Waals surface area contributed by atoms with E-state index >= 15 is 0 Å². The Labute approximate surface area is 333 Å². The van der Waals surface area contributed by atoms with E-state index in [-0.39, 0.29) is 0 Å². The Morgan fingerprint density at radius 3 is 1.53 bits per heavy atom. The summed E-state index contributed by atoms with van der Waals surface area (Å²) >= 11 is 0. The maximum atomic E-state index is 6.37. The second-order valence-electron chi connectivity index (χ2n) is 15.3. The monoisotopic (exact) mass is 739 g/mol. The van der Waals surface area contributed by atoms with Crippen LogP contribution in [-0.4, -0.2) is 13.7 Å². The third-order valence-corrected chi connectivity index (χ3v) is 12.2. The molecule has 1 aliphatic heterocycles. The Kier molecular flexibility index (Phi) is 6.41. The smallest absolute Gasteiger partial charge is 0.152 e. The minimum atomic E-state index is 0.874. The van der Waals surface area contributed by atoms with Gasteiger partial charge in [-0.2, -0.15) is 0 Å².